The van der Waals surface area contributed by atoms with Crippen molar-refractivity contribution < 1.29 is 57.1 Å². The molecule has 0 saturated carbocycles. The number of halogens is 2. The number of hydrogen-bond donors (Lipinski definition) is 0. The van der Waals surface area contributed by atoms with Crippen LogP contribution in [0.3, 0.4) is 0 Å². The van der Waals surface area contributed by atoms with Crippen LogP contribution >= 0.6 is 47.0 Å². The molecule has 33 heavy (non-hydrogen) atoms. The van der Waals surface area contributed by atoms with Gasteiger partial charge in [0.25, 0.3) is 0 Å². The van der Waals surface area contributed by atoms with Crippen molar-refractivity contribution in [2.24, 2.45) is 14.1 Å². The molecule has 0 N–H and O–H groups in total. The molecule has 0 bridgehead atoms. The van der Waals surface area contributed by atoms with E-state index in [9.17, 15) is 0 Å². The molecule has 0 saturated heterocycles. The van der Waals surface area contributed by atoms with Gasteiger partial charge in [0.1, 0.15) is 35.5 Å². The van der Waals surface area contributed by atoms with Crippen LogP contribution in [-0.4, -0.2) is 29.0 Å². The molecule has 0 atom stereocenters. The van der Waals surface area contributed by atoms with Crippen LogP contribution in [0.15, 0.2) is 59.1 Å². The molecule has 0 aliphatic heterocycles. The highest BCUT2D eigenvalue weighted by Crippen LogP contribution is 2.31. The second-order valence-electron chi connectivity index (χ2n) is 7.11. The molecular formula is C21H24I2N6S4. The van der Waals surface area contributed by atoms with Gasteiger partial charge in [-0.2, -0.15) is 17.5 Å². The minimum Gasteiger partial charge on any atom is -1.00 e. The van der Waals surface area contributed by atoms with Crippen molar-refractivity contribution in [2.45, 2.75) is 29.3 Å². The maximum atomic E-state index is 4.50. The van der Waals surface area contributed by atoms with E-state index in [0.29, 0.717) is 0 Å². The number of nitrogens with zero attached hydrogens (tertiary/aromatic N) is 6. The maximum absolute atomic E-state index is 4.50. The Bertz CT molecular complexity index is 1050. The SMILES string of the molecule is C[n+]1cccc(-c2nsnc2SCCCCCSc2nsnc2-c2ccc[n+](C)c2)c1.[I-].[I-]. The highest BCUT2D eigenvalue weighted by Gasteiger charge is 2.14. The first-order valence-electron chi connectivity index (χ1n) is 10.0. The van der Waals surface area contributed by atoms with Gasteiger partial charge in [0, 0.05) is 12.1 Å². The molecule has 0 aromatic carbocycles. The van der Waals surface area contributed by atoms with E-state index in [2.05, 4.69) is 42.0 Å². The van der Waals surface area contributed by atoms with E-state index in [4.69, 9.17) is 0 Å². The summed E-state index contributed by atoms with van der Waals surface area (Å²) in [7, 11) is 4.05. The number of rotatable bonds is 10. The quantitative estimate of drug-likeness (QED) is 0.0849. The van der Waals surface area contributed by atoms with Gasteiger partial charge in [-0.25, -0.2) is 9.13 Å². The Morgan fingerprint density at radius 3 is 1.58 bits per heavy atom. The average molecular weight is 743 g/mol. The molecule has 0 unspecified atom stereocenters. The zero-order chi connectivity index (χ0) is 21.5. The normalized spacial score (nSPS) is 10.5. The van der Waals surface area contributed by atoms with Crippen LogP contribution in [0.1, 0.15) is 19.3 Å². The van der Waals surface area contributed by atoms with Crippen LogP contribution in [0.4, 0.5) is 0 Å². The average Bonchev–Trinajstić information content (AvgIpc) is 3.42. The van der Waals surface area contributed by atoms with E-state index in [0.717, 1.165) is 44.1 Å². The smallest absolute Gasteiger partial charge is 0.178 e. The Labute approximate surface area is 245 Å². The standard InChI is InChI=1S/C21H24N6S4.2HI/c1-26-10-6-8-16(14-26)18-20(24-30-22-18)28-12-4-3-5-13-29-21-19(23-31-25-21)17-9-7-11-27(2)15-17;;/h6-11,14-15H,3-5,12-13H2,1-2H3;2*1H/q+2;;/p-2. The largest absolute Gasteiger partial charge is 1.00 e. The summed E-state index contributed by atoms with van der Waals surface area (Å²) >= 11 is 6.20. The van der Waals surface area contributed by atoms with Crippen LogP contribution < -0.4 is 57.1 Å². The van der Waals surface area contributed by atoms with Gasteiger partial charge in [-0.15, -0.1) is 23.5 Å². The Balaban J connectivity index is 0.00000193. The fourth-order valence-corrected chi connectivity index (χ4v) is 6.45. The summed E-state index contributed by atoms with van der Waals surface area (Å²) in [6, 6.07) is 8.27. The van der Waals surface area contributed by atoms with Crippen LogP contribution in [0.5, 0.6) is 0 Å². The summed E-state index contributed by atoms with van der Waals surface area (Å²) in [6.07, 6.45) is 11.8. The van der Waals surface area contributed by atoms with Crippen LogP contribution in [0.25, 0.3) is 22.5 Å². The zero-order valence-corrected chi connectivity index (χ0v) is 25.8. The summed E-state index contributed by atoms with van der Waals surface area (Å²) in [5.41, 5.74) is 4.24. The van der Waals surface area contributed by atoms with E-state index in [-0.39, 0.29) is 48.0 Å². The van der Waals surface area contributed by atoms with Crippen molar-refractivity contribution in [1.29, 1.82) is 0 Å². The summed E-state index contributed by atoms with van der Waals surface area (Å²) in [4.78, 5) is 0. The van der Waals surface area contributed by atoms with E-state index in [1.165, 1.54) is 42.7 Å². The molecule has 12 heteroatoms. The minimum atomic E-state index is 0. The molecule has 4 aromatic heterocycles. The zero-order valence-electron chi connectivity index (χ0n) is 18.2. The number of aryl methyl sites for hydroxylation is 2. The highest BCUT2D eigenvalue weighted by atomic mass is 127. The van der Waals surface area contributed by atoms with E-state index >= 15 is 0 Å². The molecule has 0 spiro atoms. The van der Waals surface area contributed by atoms with Crippen LogP contribution in [0.2, 0.25) is 0 Å². The summed E-state index contributed by atoms with van der Waals surface area (Å²) in [6.45, 7) is 0. The highest BCUT2D eigenvalue weighted by molar-refractivity contribution is 7.99. The lowest BCUT2D eigenvalue weighted by molar-refractivity contribution is -0.671. The molecule has 4 heterocycles. The molecule has 4 rings (SSSR count). The van der Waals surface area contributed by atoms with Gasteiger partial charge in [0.05, 0.1) is 34.6 Å². The van der Waals surface area contributed by atoms with Gasteiger partial charge in [-0.1, -0.05) is 6.42 Å². The monoisotopic (exact) mass is 742 g/mol. The Morgan fingerprint density at radius 1 is 0.697 bits per heavy atom. The minimum absolute atomic E-state index is 0. The summed E-state index contributed by atoms with van der Waals surface area (Å²) < 4.78 is 22.1. The molecule has 0 radical (unpaired) electrons. The fraction of sp³-hybridized carbons (Fsp3) is 0.333. The molecule has 0 amide bonds. The molecule has 6 nitrogen and oxygen atoms in total. The van der Waals surface area contributed by atoms with Gasteiger partial charge >= 0.3 is 0 Å². The number of aromatic nitrogens is 6. The van der Waals surface area contributed by atoms with Crippen LogP contribution in [0, 0.1) is 0 Å². The predicted molar refractivity (Wildman–Crippen MR) is 128 cm³/mol. The summed E-state index contributed by atoms with van der Waals surface area (Å²) in [5.74, 6) is 2.12. The van der Waals surface area contributed by atoms with Crippen molar-refractivity contribution in [2.75, 3.05) is 11.5 Å². The first-order chi connectivity index (χ1) is 15.2. The first kappa shape index (κ1) is 28.8. The Hall–Kier alpha value is -0.420. The molecule has 176 valence electrons. The number of pyridine rings is 2. The first-order valence-corrected chi connectivity index (χ1v) is 13.5. The Kier molecular flexibility index (Phi) is 13.0. The molecular weight excluding hydrogens is 718 g/mol. The van der Waals surface area contributed by atoms with E-state index in [1.807, 2.05) is 71.3 Å². The lowest BCUT2D eigenvalue weighted by atomic mass is 10.2. The van der Waals surface area contributed by atoms with Crippen molar-refractivity contribution in [3.05, 3.63) is 49.1 Å². The van der Waals surface area contributed by atoms with E-state index in [1.54, 1.807) is 0 Å². The third-order valence-electron chi connectivity index (χ3n) is 4.61. The number of thioether (sulfide) groups is 2. The third kappa shape index (κ3) is 8.33. The van der Waals surface area contributed by atoms with Crippen molar-refractivity contribution in [1.82, 2.24) is 17.5 Å². The lowest BCUT2D eigenvalue weighted by Gasteiger charge is -2.02. The van der Waals surface area contributed by atoms with Gasteiger partial charge in [0.15, 0.2) is 24.8 Å². The van der Waals surface area contributed by atoms with Gasteiger partial charge in [-0.05, 0) is 36.5 Å². The van der Waals surface area contributed by atoms with Gasteiger partial charge in [0.2, 0.25) is 0 Å². The predicted octanol–water partition coefficient (Wildman–Crippen LogP) is -1.56. The third-order valence-corrected chi connectivity index (χ3v) is 8.00. The van der Waals surface area contributed by atoms with Crippen molar-refractivity contribution in [3.8, 4) is 22.5 Å². The van der Waals surface area contributed by atoms with Gasteiger partial charge in [-0.3, -0.25) is 0 Å². The number of unbranched alkanes of at least 4 members (excludes halogenated alkanes) is 2. The Morgan fingerprint density at radius 2 is 1.15 bits per heavy atom. The topological polar surface area (TPSA) is 59.3 Å². The van der Waals surface area contributed by atoms with Gasteiger partial charge < -0.3 is 48.0 Å². The second kappa shape index (κ2) is 14.9. The molecule has 0 aliphatic rings. The number of hydrogen-bond acceptors (Lipinski definition) is 8. The van der Waals surface area contributed by atoms with Crippen molar-refractivity contribution in [3.63, 3.8) is 0 Å². The lowest BCUT2D eigenvalue weighted by Crippen LogP contribution is -3.00. The molecule has 0 aliphatic carbocycles. The van der Waals surface area contributed by atoms with E-state index < -0.39 is 0 Å². The van der Waals surface area contributed by atoms with Crippen LogP contribution in [-0.2, 0) is 14.1 Å². The molecule has 4 aromatic rings. The molecule has 0 fully saturated rings. The fourth-order valence-electron chi connectivity index (χ4n) is 3.08. The summed E-state index contributed by atoms with van der Waals surface area (Å²) in [5, 5.41) is 2.08. The van der Waals surface area contributed by atoms with Crippen molar-refractivity contribution >= 4 is 47.0 Å². The maximum Gasteiger partial charge on any atom is 0.178 e. The second-order valence-corrected chi connectivity index (χ2v) is 10.3.